The average molecular weight is 274 g/mol. The molecule has 0 radical (unpaired) electrons. The number of carbonyl (C=O) groups is 1. The number of carboxylic acids is 1. The lowest BCUT2D eigenvalue weighted by molar-refractivity contribution is -0.148. The van der Waals surface area contributed by atoms with E-state index in [4.69, 9.17) is 21.4 Å². The van der Waals surface area contributed by atoms with Crippen LogP contribution in [0, 0.1) is 0 Å². The predicted octanol–water partition coefficient (Wildman–Crippen LogP) is 2.46. The van der Waals surface area contributed by atoms with Gasteiger partial charge in [-0.3, -0.25) is 0 Å². The van der Waals surface area contributed by atoms with E-state index in [9.17, 15) is 4.79 Å². The van der Waals surface area contributed by atoms with Crippen molar-refractivity contribution in [1.29, 1.82) is 0 Å². The van der Waals surface area contributed by atoms with Gasteiger partial charge in [0.25, 0.3) is 0 Å². The van der Waals surface area contributed by atoms with Crippen molar-refractivity contribution in [3.63, 3.8) is 0 Å². The Labute approximate surface area is 108 Å². The Morgan fingerprint density at radius 3 is 3.00 bits per heavy atom. The van der Waals surface area contributed by atoms with Crippen molar-refractivity contribution in [1.82, 2.24) is 4.98 Å². The Morgan fingerprint density at radius 2 is 2.41 bits per heavy atom. The number of aromatic nitrogens is 1. The SMILES string of the molecule is O=C(O)C1CCC(CSc2ccc(Cl)cn2)O1. The summed E-state index contributed by atoms with van der Waals surface area (Å²) in [7, 11) is 0. The van der Waals surface area contributed by atoms with Crippen LogP contribution in [0.15, 0.2) is 23.4 Å². The molecule has 1 aliphatic rings. The highest BCUT2D eigenvalue weighted by Gasteiger charge is 2.30. The largest absolute Gasteiger partial charge is 0.479 e. The van der Waals surface area contributed by atoms with Crippen LogP contribution in [0.25, 0.3) is 0 Å². The van der Waals surface area contributed by atoms with Crippen molar-refractivity contribution < 1.29 is 14.6 Å². The summed E-state index contributed by atoms with van der Waals surface area (Å²) in [5, 5.41) is 10.3. The molecule has 0 aromatic carbocycles. The second-order valence-electron chi connectivity index (χ2n) is 3.79. The van der Waals surface area contributed by atoms with E-state index in [1.54, 1.807) is 24.0 Å². The van der Waals surface area contributed by atoms with Crippen LogP contribution in [0.2, 0.25) is 5.02 Å². The van der Waals surface area contributed by atoms with E-state index in [2.05, 4.69) is 4.98 Å². The summed E-state index contributed by atoms with van der Waals surface area (Å²) in [5.41, 5.74) is 0. The zero-order chi connectivity index (χ0) is 12.3. The molecular formula is C11H12ClNO3S. The van der Waals surface area contributed by atoms with Crippen LogP contribution in [-0.4, -0.2) is 34.0 Å². The molecule has 0 spiro atoms. The lowest BCUT2D eigenvalue weighted by Crippen LogP contribution is -2.21. The van der Waals surface area contributed by atoms with E-state index in [1.807, 2.05) is 6.07 Å². The fourth-order valence-electron chi connectivity index (χ4n) is 1.64. The maximum atomic E-state index is 10.7. The highest BCUT2D eigenvalue weighted by molar-refractivity contribution is 7.99. The highest BCUT2D eigenvalue weighted by Crippen LogP contribution is 2.26. The maximum Gasteiger partial charge on any atom is 0.332 e. The van der Waals surface area contributed by atoms with Gasteiger partial charge in [-0.2, -0.15) is 0 Å². The Kier molecular flexibility index (Phi) is 4.25. The minimum atomic E-state index is -0.873. The second-order valence-corrected chi connectivity index (χ2v) is 5.26. The van der Waals surface area contributed by atoms with Gasteiger partial charge in [-0.1, -0.05) is 11.6 Å². The molecule has 17 heavy (non-hydrogen) atoms. The molecule has 92 valence electrons. The van der Waals surface area contributed by atoms with Crippen molar-refractivity contribution >= 4 is 29.3 Å². The Hall–Kier alpha value is -0.780. The molecule has 1 saturated heterocycles. The topological polar surface area (TPSA) is 59.4 Å². The lowest BCUT2D eigenvalue weighted by Gasteiger charge is -2.10. The van der Waals surface area contributed by atoms with Gasteiger partial charge >= 0.3 is 5.97 Å². The summed E-state index contributed by atoms with van der Waals surface area (Å²) in [6.07, 6.45) is 2.34. The van der Waals surface area contributed by atoms with Gasteiger partial charge in [0.15, 0.2) is 6.10 Å². The van der Waals surface area contributed by atoms with Crippen LogP contribution >= 0.6 is 23.4 Å². The van der Waals surface area contributed by atoms with Gasteiger partial charge in [-0.25, -0.2) is 9.78 Å². The number of aliphatic carboxylic acids is 1. The molecular weight excluding hydrogens is 262 g/mol. The third-order valence-corrected chi connectivity index (χ3v) is 3.80. The van der Waals surface area contributed by atoms with Crippen molar-refractivity contribution in [2.45, 2.75) is 30.1 Å². The van der Waals surface area contributed by atoms with Gasteiger partial charge in [0.1, 0.15) is 0 Å². The molecule has 0 amide bonds. The zero-order valence-electron chi connectivity index (χ0n) is 9.01. The van der Waals surface area contributed by atoms with E-state index in [-0.39, 0.29) is 6.10 Å². The predicted molar refractivity (Wildman–Crippen MR) is 65.5 cm³/mol. The Balaban J connectivity index is 1.80. The molecule has 2 rings (SSSR count). The fourth-order valence-corrected chi connectivity index (χ4v) is 2.64. The fraction of sp³-hybridized carbons (Fsp3) is 0.455. The molecule has 1 N–H and O–H groups in total. The first kappa shape index (κ1) is 12.7. The average Bonchev–Trinajstić information content (AvgIpc) is 2.77. The minimum Gasteiger partial charge on any atom is -0.479 e. The first-order chi connectivity index (χ1) is 8.15. The Bertz CT molecular complexity index is 398. The van der Waals surface area contributed by atoms with Crippen molar-refractivity contribution in [3.8, 4) is 0 Å². The normalized spacial score (nSPS) is 23.8. The van der Waals surface area contributed by atoms with Gasteiger partial charge in [-0.15, -0.1) is 11.8 Å². The first-order valence-corrected chi connectivity index (χ1v) is 6.64. The van der Waals surface area contributed by atoms with Crippen LogP contribution in [0.1, 0.15) is 12.8 Å². The monoisotopic (exact) mass is 273 g/mol. The number of thioether (sulfide) groups is 1. The molecule has 4 nitrogen and oxygen atoms in total. The smallest absolute Gasteiger partial charge is 0.332 e. The quantitative estimate of drug-likeness (QED) is 0.854. The molecule has 0 bridgehead atoms. The molecule has 0 aliphatic carbocycles. The van der Waals surface area contributed by atoms with Crippen LogP contribution in [-0.2, 0) is 9.53 Å². The van der Waals surface area contributed by atoms with Crippen molar-refractivity contribution in [2.24, 2.45) is 0 Å². The number of hydrogen-bond donors (Lipinski definition) is 1. The van der Waals surface area contributed by atoms with E-state index < -0.39 is 12.1 Å². The van der Waals surface area contributed by atoms with E-state index in [0.29, 0.717) is 11.4 Å². The van der Waals surface area contributed by atoms with E-state index >= 15 is 0 Å². The Morgan fingerprint density at radius 1 is 1.59 bits per heavy atom. The van der Waals surface area contributed by atoms with Crippen molar-refractivity contribution in [2.75, 3.05) is 5.75 Å². The maximum absolute atomic E-state index is 10.7. The number of ether oxygens (including phenoxy) is 1. The number of pyridine rings is 1. The van der Waals surface area contributed by atoms with E-state index in [0.717, 1.165) is 17.2 Å². The summed E-state index contributed by atoms with van der Waals surface area (Å²) in [6.45, 7) is 0. The van der Waals surface area contributed by atoms with Gasteiger partial charge < -0.3 is 9.84 Å². The third-order valence-electron chi connectivity index (χ3n) is 2.50. The molecule has 2 heterocycles. The molecule has 1 aromatic heterocycles. The number of rotatable bonds is 4. The third kappa shape index (κ3) is 3.59. The second kappa shape index (κ2) is 5.71. The van der Waals surface area contributed by atoms with Gasteiger partial charge in [-0.05, 0) is 25.0 Å². The number of hydrogen-bond acceptors (Lipinski definition) is 4. The molecule has 2 atom stereocenters. The lowest BCUT2D eigenvalue weighted by atomic mass is 10.2. The number of carboxylic acid groups (broad SMARTS) is 1. The molecule has 1 aromatic rings. The zero-order valence-corrected chi connectivity index (χ0v) is 10.6. The summed E-state index contributed by atoms with van der Waals surface area (Å²) >= 11 is 7.28. The summed E-state index contributed by atoms with van der Waals surface area (Å²) in [5.74, 6) is -0.152. The summed E-state index contributed by atoms with van der Waals surface area (Å²) < 4.78 is 5.39. The summed E-state index contributed by atoms with van der Waals surface area (Å²) in [4.78, 5) is 14.9. The van der Waals surface area contributed by atoms with Gasteiger partial charge in [0.05, 0.1) is 16.2 Å². The van der Waals surface area contributed by atoms with E-state index in [1.165, 1.54) is 0 Å². The molecule has 6 heteroatoms. The molecule has 2 unspecified atom stereocenters. The van der Waals surface area contributed by atoms with Crippen LogP contribution in [0.3, 0.4) is 0 Å². The number of nitrogens with zero attached hydrogens (tertiary/aromatic N) is 1. The highest BCUT2D eigenvalue weighted by atomic mass is 35.5. The van der Waals surface area contributed by atoms with Crippen LogP contribution < -0.4 is 0 Å². The summed E-state index contributed by atoms with van der Waals surface area (Å²) in [6, 6.07) is 3.63. The minimum absolute atomic E-state index is 0.00132. The van der Waals surface area contributed by atoms with Crippen molar-refractivity contribution in [3.05, 3.63) is 23.4 Å². The molecule has 1 fully saturated rings. The van der Waals surface area contributed by atoms with Gasteiger partial charge in [0.2, 0.25) is 0 Å². The first-order valence-electron chi connectivity index (χ1n) is 5.28. The van der Waals surface area contributed by atoms with Gasteiger partial charge in [0, 0.05) is 11.9 Å². The van der Waals surface area contributed by atoms with Crippen LogP contribution in [0.5, 0.6) is 0 Å². The molecule has 0 saturated carbocycles. The van der Waals surface area contributed by atoms with Crippen LogP contribution in [0.4, 0.5) is 0 Å². The molecule has 1 aliphatic heterocycles. The standard InChI is InChI=1S/C11H12ClNO3S/c12-7-1-4-10(13-5-7)17-6-8-2-3-9(16-8)11(14)15/h1,4-5,8-9H,2-3,6H2,(H,14,15). The number of halogens is 1.